The molecule has 1 saturated carbocycles. The molecule has 118 valence electrons. The van der Waals surface area contributed by atoms with Crippen LogP contribution in [0.2, 0.25) is 0 Å². The summed E-state index contributed by atoms with van der Waals surface area (Å²) in [5.41, 5.74) is 0. The van der Waals surface area contributed by atoms with Gasteiger partial charge in [-0.1, -0.05) is 13.3 Å². The highest BCUT2D eigenvalue weighted by atomic mass is 32.2. The van der Waals surface area contributed by atoms with E-state index >= 15 is 0 Å². The maximum absolute atomic E-state index is 12.9. The van der Waals surface area contributed by atoms with E-state index in [0.29, 0.717) is 23.3 Å². The van der Waals surface area contributed by atoms with E-state index in [0.717, 1.165) is 30.9 Å². The van der Waals surface area contributed by atoms with Crippen LogP contribution in [0.1, 0.15) is 37.5 Å². The lowest BCUT2D eigenvalue weighted by Gasteiger charge is -2.17. The van der Waals surface area contributed by atoms with Crippen LogP contribution in [0.4, 0.5) is 0 Å². The molecule has 0 radical (unpaired) electrons. The highest BCUT2D eigenvalue weighted by Gasteiger charge is 2.42. The third-order valence-corrected chi connectivity index (χ3v) is 7.69. The van der Waals surface area contributed by atoms with Crippen molar-refractivity contribution in [1.29, 1.82) is 0 Å². The average Bonchev–Trinajstić information content (AvgIpc) is 3.14. The van der Waals surface area contributed by atoms with Crippen LogP contribution in [0, 0.1) is 11.8 Å². The summed E-state index contributed by atoms with van der Waals surface area (Å²) < 4.78 is 27.5. The molecule has 2 aliphatic rings. The number of rotatable bonds is 6. The van der Waals surface area contributed by atoms with Gasteiger partial charge < -0.3 is 5.32 Å². The van der Waals surface area contributed by atoms with Gasteiger partial charge in [0.2, 0.25) is 10.0 Å². The second kappa shape index (κ2) is 6.36. The van der Waals surface area contributed by atoms with Crippen molar-refractivity contribution in [3.8, 4) is 0 Å². The molecule has 1 N–H and O–H groups in total. The summed E-state index contributed by atoms with van der Waals surface area (Å²) in [6, 6.07) is 1.77. The lowest BCUT2D eigenvalue weighted by Crippen LogP contribution is -2.30. The summed E-state index contributed by atoms with van der Waals surface area (Å²) >= 11 is 1.54. The van der Waals surface area contributed by atoms with E-state index in [9.17, 15) is 8.42 Å². The van der Waals surface area contributed by atoms with Gasteiger partial charge in [0.15, 0.2) is 0 Å². The van der Waals surface area contributed by atoms with E-state index in [1.807, 2.05) is 5.38 Å². The zero-order chi connectivity index (χ0) is 14.9. The Bertz CT molecular complexity index is 570. The van der Waals surface area contributed by atoms with Crippen molar-refractivity contribution in [2.75, 3.05) is 19.6 Å². The van der Waals surface area contributed by atoms with Crippen LogP contribution in [0.3, 0.4) is 0 Å². The van der Waals surface area contributed by atoms with Crippen molar-refractivity contribution in [3.63, 3.8) is 0 Å². The first kappa shape index (κ1) is 15.5. The number of fused-ring (bicyclic) bond motifs is 1. The van der Waals surface area contributed by atoms with Crippen LogP contribution < -0.4 is 5.32 Å². The first-order chi connectivity index (χ1) is 10.1. The molecule has 21 heavy (non-hydrogen) atoms. The van der Waals surface area contributed by atoms with Gasteiger partial charge in [0.25, 0.3) is 0 Å². The number of hydrogen-bond acceptors (Lipinski definition) is 4. The second-order valence-corrected chi connectivity index (χ2v) is 9.06. The number of sulfonamides is 1. The Labute approximate surface area is 131 Å². The Morgan fingerprint density at radius 2 is 2.05 bits per heavy atom. The Kier molecular flexibility index (Phi) is 4.69. The van der Waals surface area contributed by atoms with Crippen molar-refractivity contribution in [2.24, 2.45) is 11.8 Å². The van der Waals surface area contributed by atoms with E-state index in [2.05, 4.69) is 12.2 Å². The molecule has 1 aliphatic carbocycles. The second-order valence-electron chi connectivity index (χ2n) is 6.16. The fourth-order valence-corrected chi connectivity index (χ4v) is 6.53. The number of nitrogens with zero attached hydrogens (tertiary/aromatic N) is 1. The third-order valence-electron chi connectivity index (χ3n) is 4.73. The predicted molar refractivity (Wildman–Crippen MR) is 85.9 cm³/mol. The van der Waals surface area contributed by atoms with Gasteiger partial charge in [-0.05, 0) is 49.1 Å². The van der Waals surface area contributed by atoms with Crippen molar-refractivity contribution in [3.05, 3.63) is 16.3 Å². The van der Waals surface area contributed by atoms with Gasteiger partial charge in [0.05, 0.1) is 4.90 Å². The van der Waals surface area contributed by atoms with E-state index in [1.54, 1.807) is 10.4 Å². The molecule has 2 atom stereocenters. The van der Waals surface area contributed by atoms with E-state index in [1.165, 1.54) is 30.6 Å². The van der Waals surface area contributed by atoms with Crippen LogP contribution in [0.25, 0.3) is 0 Å². The molecule has 1 aromatic rings. The SMILES string of the molecule is CCCNCc1sccc1S(=O)(=O)N1CC2CCCC2C1. The lowest BCUT2D eigenvalue weighted by atomic mass is 10.0. The Hall–Kier alpha value is -0.430. The summed E-state index contributed by atoms with van der Waals surface area (Å²) in [4.78, 5) is 1.47. The maximum atomic E-state index is 12.9. The molecule has 0 amide bonds. The smallest absolute Gasteiger partial charge is 0.244 e. The minimum Gasteiger partial charge on any atom is -0.312 e. The molecule has 0 bridgehead atoms. The normalized spacial score (nSPS) is 26.3. The minimum absolute atomic E-state index is 0.524. The number of hydrogen-bond donors (Lipinski definition) is 1. The third kappa shape index (κ3) is 3.04. The highest BCUT2D eigenvalue weighted by molar-refractivity contribution is 7.89. The molecule has 1 aromatic heterocycles. The highest BCUT2D eigenvalue weighted by Crippen LogP contribution is 2.40. The summed E-state index contributed by atoms with van der Waals surface area (Å²) in [5, 5.41) is 5.20. The molecular weight excluding hydrogens is 304 g/mol. The molecule has 3 rings (SSSR count). The average molecular weight is 329 g/mol. The molecule has 6 heteroatoms. The molecule has 2 heterocycles. The van der Waals surface area contributed by atoms with Crippen LogP contribution >= 0.6 is 11.3 Å². The van der Waals surface area contributed by atoms with Gasteiger partial charge in [-0.3, -0.25) is 0 Å². The van der Waals surface area contributed by atoms with Crippen LogP contribution in [0.5, 0.6) is 0 Å². The van der Waals surface area contributed by atoms with Crippen LogP contribution in [0.15, 0.2) is 16.3 Å². The molecule has 1 saturated heterocycles. The lowest BCUT2D eigenvalue weighted by molar-refractivity contribution is 0.445. The van der Waals surface area contributed by atoms with Gasteiger partial charge in [-0.25, -0.2) is 8.42 Å². The Morgan fingerprint density at radius 3 is 2.71 bits per heavy atom. The standard InChI is InChI=1S/C15H24N2O2S2/c1-2-7-16-9-14-15(6-8-20-14)21(18,19)17-10-12-4-3-5-13(12)11-17/h6,8,12-13,16H,2-5,7,9-11H2,1H3. The summed E-state index contributed by atoms with van der Waals surface area (Å²) in [7, 11) is -3.30. The van der Waals surface area contributed by atoms with E-state index in [-0.39, 0.29) is 0 Å². The largest absolute Gasteiger partial charge is 0.312 e. The van der Waals surface area contributed by atoms with Crippen LogP contribution in [-0.4, -0.2) is 32.4 Å². The van der Waals surface area contributed by atoms with Gasteiger partial charge >= 0.3 is 0 Å². The minimum atomic E-state index is -3.30. The Morgan fingerprint density at radius 1 is 1.33 bits per heavy atom. The maximum Gasteiger partial charge on any atom is 0.244 e. The molecule has 2 unspecified atom stereocenters. The number of thiophene rings is 1. The van der Waals surface area contributed by atoms with Gasteiger partial charge in [0, 0.05) is 24.5 Å². The van der Waals surface area contributed by atoms with Crippen molar-refractivity contribution < 1.29 is 8.42 Å². The summed E-state index contributed by atoms with van der Waals surface area (Å²) in [6.45, 7) is 5.14. The molecule has 1 aliphatic heterocycles. The van der Waals surface area contributed by atoms with Crippen molar-refractivity contribution in [2.45, 2.75) is 44.0 Å². The van der Waals surface area contributed by atoms with Gasteiger partial charge in [-0.2, -0.15) is 4.31 Å². The molecular formula is C15H24N2O2S2. The molecule has 0 aromatic carbocycles. The Balaban J connectivity index is 1.75. The zero-order valence-corrected chi connectivity index (χ0v) is 14.2. The summed E-state index contributed by atoms with van der Waals surface area (Å²) in [6.07, 6.45) is 4.73. The monoisotopic (exact) mass is 328 g/mol. The van der Waals surface area contributed by atoms with Crippen molar-refractivity contribution >= 4 is 21.4 Å². The summed E-state index contributed by atoms with van der Waals surface area (Å²) in [5.74, 6) is 1.19. The molecule has 4 nitrogen and oxygen atoms in total. The van der Waals surface area contributed by atoms with Crippen LogP contribution in [-0.2, 0) is 16.6 Å². The first-order valence-corrected chi connectivity index (χ1v) is 10.2. The van der Waals surface area contributed by atoms with E-state index in [4.69, 9.17) is 0 Å². The van der Waals surface area contributed by atoms with E-state index < -0.39 is 10.0 Å². The number of nitrogens with one attached hydrogen (secondary N) is 1. The molecule has 0 spiro atoms. The topological polar surface area (TPSA) is 49.4 Å². The molecule has 2 fully saturated rings. The fourth-order valence-electron chi connectivity index (χ4n) is 3.59. The first-order valence-electron chi connectivity index (χ1n) is 7.90. The fraction of sp³-hybridized carbons (Fsp3) is 0.733. The van der Waals surface area contributed by atoms with Gasteiger partial charge in [-0.15, -0.1) is 11.3 Å². The van der Waals surface area contributed by atoms with Crippen molar-refractivity contribution in [1.82, 2.24) is 9.62 Å². The predicted octanol–water partition coefficient (Wildman–Crippen LogP) is 2.67. The van der Waals surface area contributed by atoms with Gasteiger partial charge in [0.1, 0.15) is 0 Å². The quantitative estimate of drug-likeness (QED) is 0.817. The zero-order valence-electron chi connectivity index (χ0n) is 12.5.